The molecule has 2 aromatic carbocycles. The van der Waals surface area contributed by atoms with Gasteiger partial charge in [0.1, 0.15) is 0 Å². The van der Waals surface area contributed by atoms with Crippen LogP contribution in [-0.2, 0) is 20.0 Å². The molecule has 0 saturated carbocycles. The minimum Gasteiger partial charge on any atom is -0.225 e. The average Bonchev–Trinajstić information content (AvgIpc) is 2.53. The molecule has 0 amide bonds. The third kappa shape index (κ3) is 5.27. The quantitative estimate of drug-likeness (QED) is 0.815. The van der Waals surface area contributed by atoms with Gasteiger partial charge >= 0.3 is 0 Å². The van der Waals surface area contributed by atoms with Gasteiger partial charge in [0.2, 0.25) is 20.0 Å². The van der Waals surface area contributed by atoms with Gasteiger partial charge in [0, 0.05) is 11.4 Å². The van der Waals surface area contributed by atoms with Crippen LogP contribution in [0.1, 0.15) is 24.1 Å². The van der Waals surface area contributed by atoms with Crippen LogP contribution in [0.2, 0.25) is 0 Å². The van der Waals surface area contributed by atoms with Crippen molar-refractivity contribution in [3.8, 4) is 0 Å². The lowest BCUT2D eigenvalue weighted by atomic mass is 10.1. The zero-order valence-corrected chi connectivity index (χ0v) is 14.6. The van der Waals surface area contributed by atoms with Crippen molar-refractivity contribution >= 4 is 26.1 Å². The van der Waals surface area contributed by atoms with Gasteiger partial charge in [-0.25, -0.2) is 26.7 Å². The summed E-state index contributed by atoms with van der Waals surface area (Å²) in [5.74, 6) is 0. The lowest BCUT2D eigenvalue weighted by molar-refractivity contribution is 0.575. The topological polar surface area (TPSA) is 106 Å². The second-order valence-electron chi connectivity index (χ2n) is 5.21. The third-order valence-electron chi connectivity index (χ3n) is 3.29. The Morgan fingerprint density at radius 2 is 1.54 bits per heavy atom. The minimum atomic E-state index is -3.77. The number of primary sulfonamides is 1. The van der Waals surface area contributed by atoms with Crippen LogP contribution in [0.15, 0.2) is 64.9 Å². The lowest BCUT2D eigenvalue weighted by Crippen LogP contribution is -2.24. The molecule has 0 bridgehead atoms. The summed E-state index contributed by atoms with van der Waals surface area (Å²) in [7, 11) is -7.41. The van der Waals surface area contributed by atoms with E-state index in [1.165, 1.54) is 30.3 Å². The molecule has 0 aliphatic heterocycles. The maximum atomic E-state index is 12.1. The van der Waals surface area contributed by atoms with Crippen LogP contribution in [0.5, 0.6) is 0 Å². The molecular formula is C16H18N2O4S2. The first kappa shape index (κ1) is 18.3. The number of sulfonamides is 2. The van der Waals surface area contributed by atoms with Crippen molar-refractivity contribution in [3.63, 3.8) is 0 Å². The summed E-state index contributed by atoms with van der Waals surface area (Å²) < 4.78 is 49.1. The fourth-order valence-electron chi connectivity index (χ4n) is 2.03. The van der Waals surface area contributed by atoms with Gasteiger partial charge in [0.25, 0.3) is 0 Å². The number of nitrogens with one attached hydrogen (secondary N) is 1. The first-order valence-electron chi connectivity index (χ1n) is 7.06. The van der Waals surface area contributed by atoms with Crippen molar-refractivity contribution < 1.29 is 16.8 Å². The van der Waals surface area contributed by atoms with E-state index in [0.717, 1.165) is 11.0 Å². The molecule has 2 rings (SSSR count). The second-order valence-corrected chi connectivity index (χ2v) is 8.37. The molecular weight excluding hydrogens is 348 g/mol. The van der Waals surface area contributed by atoms with Crippen molar-refractivity contribution in [2.75, 3.05) is 0 Å². The van der Waals surface area contributed by atoms with E-state index >= 15 is 0 Å². The predicted octanol–water partition coefficient (Wildman–Crippen LogP) is 1.99. The second kappa shape index (κ2) is 7.27. The molecule has 3 N–H and O–H groups in total. The van der Waals surface area contributed by atoms with E-state index in [-0.39, 0.29) is 4.90 Å². The van der Waals surface area contributed by atoms with Crippen molar-refractivity contribution in [2.24, 2.45) is 5.14 Å². The van der Waals surface area contributed by atoms with Crippen molar-refractivity contribution in [2.45, 2.75) is 17.9 Å². The van der Waals surface area contributed by atoms with Crippen molar-refractivity contribution in [3.05, 3.63) is 71.1 Å². The molecule has 0 heterocycles. The molecule has 24 heavy (non-hydrogen) atoms. The Morgan fingerprint density at radius 3 is 2.08 bits per heavy atom. The molecule has 0 aliphatic carbocycles. The first-order valence-corrected chi connectivity index (χ1v) is 10.1. The normalized spacial score (nSPS) is 13.9. The highest BCUT2D eigenvalue weighted by Crippen LogP contribution is 2.16. The molecule has 128 valence electrons. The van der Waals surface area contributed by atoms with E-state index < -0.39 is 26.1 Å². The Morgan fingerprint density at radius 1 is 0.958 bits per heavy atom. The summed E-state index contributed by atoms with van der Waals surface area (Å²) in [6.45, 7) is 1.67. The fraction of sp³-hybridized carbons (Fsp3) is 0.125. The van der Waals surface area contributed by atoms with Crippen LogP contribution < -0.4 is 9.86 Å². The first-order chi connectivity index (χ1) is 11.2. The highest BCUT2D eigenvalue weighted by atomic mass is 32.2. The molecule has 1 unspecified atom stereocenters. The third-order valence-corrected chi connectivity index (χ3v) is 5.39. The largest absolute Gasteiger partial charge is 0.238 e. The standard InChI is InChI=1S/C16H18N2O4S2/c1-13(15-7-9-16(10-8-15)24(17,21)22)18-23(19,20)12-11-14-5-3-2-4-6-14/h2-13,18H,1H3,(H2,17,21,22). The van der Waals surface area contributed by atoms with Gasteiger partial charge < -0.3 is 0 Å². The highest BCUT2D eigenvalue weighted by molar-refractivity contribution is 7.92. The van der Waals surface area contributed by atoms with Gasteiger partial charge in [-0.05, 0) is 36.3 Å². The Bertz CT molecular complexity index is 920. The fourth-order valence-corrected chi connectivity index (χ4v) is 3.59. The van der Waals surface area contributed by atoms with Crippen molar-refractivity contribution in [1.82, 2.24) is 4.72 Å². The van der Waals surface area contributed by atoms with E-state index in [2.05, 4.69) is 4.72 Å². The number of nitrogens with two attached hydrogens (primary N) is 1. The summed E-state index contributed by atoms with van der Waals surface area (Å²) in [4.78, 5) is -0.0229. The molecule has 0 radical (unpaired) electrons. The van der Waals surface area contributed by atoms with Crippen LogP contribution in [0.25, 0.3) is 6.08 Å². The van der Waals surface area contributed by atoms with E-state index in [0.29, 0.717) is 5.56 Å². The Labute approximate surface area is 142 Å². The number of hydrogen-bond donors (Lipinski definition) is 2. The maximum absolute atomic E-state index is 12.1. The highest BCUT2D eigenvalue weighted by Gasteiger charge is 2.14. The van der Waals surface area contributed by atoms with Gasteiger partial charge in [-0.1, -0.05) is 42.5 Å². The Hall–Kier alpha value is -2.00. The smallest absolute Gasteiger partial charge is 0.225 e. The molecule has 0 aliphatic rings. The van der Waals surface area contributed by atoms with Gasteiger partial charge in [-0.15, -0.1) is 0 Å². The van der Waals surface area contributed by atoms with E-state index in [4.69, 9.17) is 5.14 Å². The molecule has 0 saturated heterocycles. The average molecular weight is 366 g/mol. The van der Waals surface area contributed by atoms with Gasteiger partial charge in [0.15, 0.2) is 0 Å². The molecule has 1 atom stereocenters. The zero-order chi connectivity index (χ0) is 17.8. The van der Waals surface area contributed by atoms with Crippen molar-refractivity contribution in [1.29, 1.82) is 0 Å². The minimum absolute atomic E-state index is 0.0229. The van der Waals surface area contributed by atoms with Gasteiger partial charge in [-0.2, -0.15) is 0 Å². The molecule has 0 aromatic heterocycles. The van der Waals surface area contributed by atoms with Crippen LogP contribution >= 0.6 is 0 Å². The summed E-state index contributed by atoms with van der Waals surface area (Å²) >= 11 is 0. The van der Waals surface area contributed by atoms with Crippen LogP contribution in [0, 0.1) is 0 Å². The van der Waals surface area contributed by atoms with Gasteiger partial charge in [0.05, 0.1) is 4.90 Å². The van der Waals surface area contributed by atoms with Gasteiger partial charge in [-0.3, -0.25) is 0 Å². The molecule has 2 aromatic rings. The Balaban J connectivity index is 2.10. The molecule has 0 fully saturated rings. The SMILES string of the molecule is CC(NS(=O)(=O)C=Cc1ccccc1)c1ccc(S(N)(=O)=O)cc1. The summed E-state index contributed by atoms with van der Waals surface area (Å²) in [6.07, 6.45) is 1.50. The maximum Gasteiger partial charge on any atom is 0.238 e. The Kier molecular flexibility index (Phi) is 5.55. The number of hydrogen-bond acceptors (Lipinski definition) is 4. The molecule has 6 nitrogen and oxygen atoms in total. The zero-order valence-electron chi connectivity index (χ0n) is 13.0. The van der Waals surface area contributed by atoms with E-state index in [9.17, 15) is 16.8 Å². The lowest BCUT2D eigenvalue weighted by Gasteiger charge is -2.13. The van der Waals surface area contributed by atoms with E-state index in [1.807, 2.05) is 18.2 Å². The number of benzene rings is 2. The molecule has 8 heteroatoms. The van der Waals surface area contributed by atoms with Crippen LogP contribution in [0.4, 0.5) is 0 Å². The summed E-state index contributed by atoms with van der Waals surface area (Å²) in [5, 5.41) is 6.13. The summed E-state index contributed by atoms with van der Waals surface area (Å²) in [5.41, 5.74) is 1.40. The summed E-state index contributed by atoms with van der Waals surface area (Å²) in [6, 6.07) is 14.3. The monoisotopic (exact) mass is 366 g/mol. The molecule has 0 spiro atoms. The van der Waals surface area contributed by atoms with E-state index in [1.54, 1.807) is 19.1 Å². The predicted molar refractivity (Wildman–Crippen MR) is 93.8 cm³/mol. The number of rotatable bonds is 6. The van der Waals surface area contributed by atoms with Crippen LogP contribution in [0.3, 0.4) is 0 Å². The van der Waals surface area contributed by atoms with Crippen LogP contribution in [-0.4, -0.2) is 16.8 Å².